The number of anilines is 1. The molecule has 0 heterocycles. The molecule has 4 nitrogen and oxygen atoms in total. The summed E-state index contributed by atoms with van der Waals surface area (Å²) in [5, 5.41) is 3.24. The molecule has 0 saturated heterocycles. The maximum atomic E-state index is 11.8. The molecule has 0 saturated carbocycles. The van der Waals surface area contributed by atoms with Crippen LogP contribution in [0, 0.1) is 0 Å². The number of ether oxygens (including phenoxy) is 2. The van der Waals surface area contributed by atoms with Crippen molar-refractivity contribution in [3.05, 3.63) is 24.3 Å². The molecule has 0 spiro atoms. The zero-order valence-corrected chi connectivity index (χ0v) is 13.5. The predicted molar refractivity (Wildman–Crippen MR) is 85.8 cm³/mol. The molecule has 0 bridgehead atoms. The van der Waals surface area contributed by atoms with Crippen molar-refractivity contribution in [1.29, 1.82) is 0 Å². The van der Waals surface area contributed by atoms with Crippen LogP contribution in [0.1, 0.15) is 46.5 Å². The van der Waals surface area contributed by atoms with Crippen LogP contribution >= 0.6 is 0 Å². The van der Waals surface area contributed by atoms with Gasteiger partial charge >= 0.3 is 5.97 Å². The third kappa shape index (κ3) is 6.06. The van der Waals surface area contributed by atoms with E-state index in [0.29, 0.717) is 0 Å². The molecule has 2 unspecified atom stereocenters. The molecule has 0 aliphatic carbocycles. The fourth-order valence-corrected chi connectivity index (χ4v) is 1.98. The number of hydrogen-bond donors (Lipinski definition) is 1. The van der Waals surface area contributed by atoms with Crippen LogP contribution in [0.15, 0.2) is 24.3 Å². The maximum Gasteiger partial charge on any atom is 0.328 e. The molecular formula is C17H27NO3. The van der Waals surface area contributed by atoms with E-state index in [1.807, 2.05) is 31.2 Å². The Morgan fingerprint density at radius 2 is 2.10 bits per heavy atom. The first-order chi connectivity index (χ1) is 10.1. The molecular weight excluding hydrogens is 266 g/mol. The zero-order valence-electron chi connectivity index (χ0n) is 13.5. The average molecular weight is 293 g/mol. The number of nitrogens with one attached hydrogen (secondary N) is 1. The van der Waals surface area contributed by atoms with Gasteiger partial charge in [0, 0.05) is 11.8 Å². The molecule has 1 aromatic carbocycles. The second kappa shape index (κ2) is 9.27. The first-order valence-corrected chi connectivity index (χ1v) is 7.71. The van der Waals surface area contributed by atoms with Gasteiger partial charge in [0.2, 0.25) is 0 Å². The number of unbranched alkanes of at least 4 members (excludes halogenated alkanes) is 1. The van der Waals surface area contributed by atoms with Crippen LogP contribution in [0.5, 0.6) is 5.75 Å². The number of hydrogen-bond acceptors (Lipinski definition) is 4. The fraction of sp³-hybridized carbons (Fsp3) is 0.588. The van der Waals surface area contributed by atoms with Crippen molar-refractivity contribution in [3.8, 4) is 5.75 Å². The van der Waals surface area contributed by atoms with E-state index in [1.54, 1.807) is 0 Å². The number of benzene rings is 1. The van der Waals surface area contributed by atoms with Gasteiger partial charge in [-0.1, -0.05) is 32.8 Å². The molecule has 0 amide bonds. The standard InChI is InChI=1S/C17H27NO3/c1-5-7-11-16(17(19)20-4)18-14-9-8-10-15(12-14)21-13(3)6-2/h8-10,12-13,16,18H,5-7,11H2,1-4H3. The molecule has 2 atom stereocenters. The number of rotatable bonds is 9. The van der Waals surface area contributed by atoms with E-state index >= 15 is 0 Å². The minimum Gasteiger partial charge on any atom is -0.491 e. The van der Waals surface area contributed by atoms with E-state index in [9.17, 15) is 4.79 Å². The number of methoxy groups -OCH3 is 1. The van der Waals surface area contributed by atoms with Gasteiger partial charge in [-0.15, -0.1) is 0 Å². The van der Waals surface area contributed by atoms with E-state index in [2.05, 4.69) is 19.2 Å². The minimum absolute atomic E-state index is 0.178. The monoisotopic (exact) mass is 293 g/mol. The Hall–Kier alpha value is -1.71. The first kappa shape index (κ1) is 17.3. The molecule has 0 aliphatic rings. The van der Waals surface area contributed by atoms with E-state index in [1.165, 1.54) is 7.11 Å². The Balaban J connectivity index is 2.73. The van der Waals surface area contributed by atoms with E-state index in [-0.39, 0.29) is 18.1 Å². The van der Waals surface area contributed by atoms with Gasteiger partial charge in [-0.2, -0.15) is 0 Å². The molecule has 0 radical (unpaired) electrons. The molecule has 21 heavy (non-hydrogen) atoms. The van der Waals surface area contributed by atoms with E-state index < -0.39 is 0 Å². The quantitative estimate of drug-likeness (QED) is 0.699. The van der Waals surface area contributed by atoms with Crippen LogP contribution in [0.2, 0.25) is 0 Å². The molecule has 0 aliphatic heterocycles. The lowest BCUT2D eigenvalue weighted by Gasteiger charge is -2.19. The lowest BCUT2D eigenvalue weighted by atomic mass is 10.1. The van der Waals surface area contributed by atoms with Crippen LogP contribution < -0.4 is 10.1 Å². The second-order valence-corrected chi connectivity index (χ2v) is 5.23. The lowest BCUT2D eigenvalue weighted by Crippen LogP contribution is -2.30. The molecule has 1 rings (SSSR count). The Bertz CT molecular complexity index is 434. The first-order valence-electron chi connectivity index (χ1n) is 7.71. The van der Waals surface area contributed by atoms with Crippen LogP contribution in [0.25, 0.3) is 0 Å². The zero-order chi connectivity index (χ0) is 15.7. The summed E-state index contributed by atoms with van der Waals surface area (Å²) in [7, 11) is 1.42. The van der Waals surface area contributed by atoms with Crippen molar-refractivity contribution in [2.75, 3.05) is 12.4 Å². The SMILES string of the molecule is CCCCC(Nc1cccc(OC(C)CC)c1)C(=O)OC. The highest BCUT2D eigenvalue weighted by atomic mass is 16.5. The Morgan fingerprint density at radius 3 is 2.71 bits per heavy atom. The van der Waals surface area contributed by atoms with Gasteiger partial charge in [0.05, 0.1) is 13.2 Å². The summed E-state index contributed by atoms with van der Waals surface area (Å²) in [4.78, 5) is 11.8. The van der Waals surface area contributed by atoms with Crippen molar-refractivity contribution in [3.63, 3.8) is 0 Å². The number of carbonyl (C=O) groups is 1. The van der Waals surface area contributed by atoms with Crippen molar-refractivity contribution >= 4 is 11.7 Å². The summed E-state index contributed by atoms with van der Waals surface area (Å²) < 4.78 is 10.7. The smallest absolute Gasteiger partial charge is 0.328 e. The summed E-state index contributed by atoms with van der Waals surface area (Å²) >= 11 is 0. The average Bonchev–Trinajstić information content (AvgIpc) is 2.50. The van der Waals surface area contributed by atoms with Crippen LogP contribution in [-0.2, 0) is 9.53 Å². The highest BCUT2D eigenvalue weighted by molar-refractivity contribution is 5.79. The van der Waals surface area contributed by atoms with Gasteiger partial charge in [-0.05, 0) is 31.9 Å². The van der Waals surface area contributed by atoms with Crippen LogP contribution in [-0.4, -0.2) is 25.2 Å². The van der Waals surface area contributed by atoms with Crippen LogP contribution in [0.3, 0.4) is 0 Å². The molecule has 118 valence electrons. The largest absolute Gasteiger partial charge is 0.491 e. The predicted octanol–water partition coefficient (Wildman–Crippen LogP) is 4.01. The van der Waals surface area contributed by atoms with Crippen molar-refractivity contribution in [2.45, 2.75) is 58.6 Å². The summed E-state index contributed by atoms with van der Waals surface area (Å²) in [5.41, 5.74) is 0.877. The second-order valence-electron chi connectivity index (χ2n) is 5.23. The third-order valence-electron chi connectivity index (χ3n) is 3.42. The summed E-state index contributed by atoms with van der Waals surface area (Å²) in [5.74, 6) is 0.588. The molecule has 0 fully saturated rings. The van der Waals surface area contributed by atoms with Gasteiger partial charge in [0.25, 0.3) is 0 Å². The van der Waals surface area contributed by atoms with Gasteiger partial charge in [-0.3, -0.25) is 0 Å². The number of esters is 1. The van der Waals surface area contributed by atoms with Crippen molar-refractivity contribution in [2.24, 2.45) is 0 Å². The van der Waals surface area contributed by atoms with Gasteiger partial charge < -0.3 is 14.8 Å². The maximum absolute atomic E-state index is 11.8. The Morgan fingerprint density at radius 1 is 1.33 bits per heavy atom. The normalized spacial score (nSPS) is 13.3. The molecule has 1 N–H and O–H groups in total. The van der Waals surface area contributed by atoms with Gasteiger partial charge in [0.1, 0.15) is 11.8 Å². The summed E-state index contributed by atoms with van der Waals surface area (Å²) in [6.07, 6.45) is 3.93. The molecule has 4 heteroatoms. The number of carbonyl (C=O) groups excluding carboxylic acids is 1. The van der Waals surface area contributed by atoms with E-state index in [4.69, 9.17) is 9.47 Å². The lowest BCUT2D eigenvalue weighted by molar-refractivity contribution is -0.141. The topological polar surface area (TPSA) is 47.6 Å². The molecule has 0 aromatic heterocycles. The summed E-state index contributed by atoms with van der Waals surface area (Å²) in [6.45, 7) is 6.23. The Kier molecular flexibility index (Phi) is 7.65. The highest BCUT2D eigenvalue weighted by Crippen LogP contribution is 2.21. The Labute approximate surface area is 127 Å². The van der Waals surface area contributed by atoms with Crippen LogP contribution in [0.4, 0.5) is 5.69 Å². The van der Waals surface area contributed by atoms with E-state index in [0.717, 1.165) is 37.1 Å². The molecule has 1 aromatic rings. The van der Waals surface area contributed by atoms with Crippen molar-refractivity contribution in [1.82, 2.24) is 0 Å². The third-order valence-corrected chi connectivity index (χ3v) is 3.42. The summed E-state index contributed by atoms with van der Waals surface area (Å²) in [6, 6.07) is 7.40. The van der Waals surface area contributed by atoms with Gasteiger partial charge in [0.15, 0.2) is 0 Å². The minimum atomic E-state index is -0.311. The van der Waals surface area contributed by atoms with Crippen molar-refractivity contribution < 1.29 is 14.3 Å². The van der Waals surface area contributed by atoms with Gasteiger partial charge in [-0.25, -0.2) is 4.79 Å². The fourth-order valence-electron chi connectivity index (χ4n) is 1.98. The highest BCUT2D eigenvalue weighted by Gasteiger charge is 2.18.